The van der Waals surface area contributed by atoms with Crippen LogP contribution in [0.15, 0.2) is 96.0 Å². The van der Waals surface area contributed by atoms with Crippen LogP contribution in [0.1, 0.15) is 69.2 Å². The fraction of sp³-hybridized carbons (Fsp3) is 0.432. The zero-order valence-electron chi connectivity index (χ0n) is 27.6. The van der Waals surface area contributed by atoms with Gasteiger partial charge in [0.15, 0.2) is 9.84 Å². The van der Waals surface area contributed by atoms with Crippen LogP contribution < -0.4 is 5.32 Å². The number of amides is 1. The highest BCUT2D eigenvalue weighted by Gasteiger charge is 2.43. The summed E-state index contributed by atoms with van der Waals surface area (Å²) in [6.07, 6.45) is 5.46. The third-order valence-corrected chi connectivity index (χ3v) is 10.0. The second-order valence-corrected chi connectivity index (χ2v) is 14.4. The van der Waals surface area contributed by atoms with Crippen molar-refractivity contribution in [2.75, 3.05) is 32.4 Å². The van der Waals surface area contributed by atoms with Crippen LogP contribution in [0.5, 0.6) is 0 Å². The number of piperidine rings is 1. The first-order valence-corrected chi connectivity index (χ1v) is 18.2. The lowest BCUT2D eigenvalue weighted by molar-refractivity contribution is -0.119. The summed E-state index contributed by atoms with van der Waals surface area (Å²) >= 11 is 5.64. The maximum absolute atomic E-state index is 11.7. The monoisotopic (exact) mass is 651 g/mol. The standard InChI is InChI=1S/C28H37N3O3S.C7H7Cl.C2H6/c1-22-28(16-20-31(22)21-24-9-11-26(12-10-24)35(3,33)34)14-18-30(19-15-28)17-13-27(29-23(2)32)25-7-5-4-6-8-25;1-6-3-2-4-7(8)5-6;1-2/h4-12,27H,1,13-21H2,2-3H3,(H,29,32);2-5H,1H3;1-2H3. The van der Waals surface area contributed by atoms with Gasteiger partial charge in [-0.3, -0.25) is 4.79 Å². The molecule has 45 heavy (non-hydrogen) atoms. The normalized spacial score (nSPS) is 16.7. The van der Waals surface area contributed by atoms with Gasteiger partial charge in [-0.05, 0) is 86.7 Å². The van der Waals surface area contributed by atoms with Gasteiger partial charge in [-0.25, -0.2) is 8.42 Å². The third-order valence-electron chi connectivity index (χ3n) is 8.69. The summed E-state index contributed by atoms with van der Waals surface area (Å²) in [5.41, 5.74) is 4.86. The summed E-state index contributed by atoms with van der Waals surface area (Å²) in [5, 5.41) is 3.92. The average Bonchev–Trinajstić information content (AvgIpc) is 3.31. The van der Waals surface area contributed by atoms with Crippen LogP contribution in [0.2, 0.25) is 5.02 Å². The second kappa shape index (κ2) is 17.0. The smallest absolute Gasteiger partial charge is 0.217 e. The largest absolute Gasteiger partial charge is 0.370 e. The minimum atomic E-state index is -3.17. The number of likely N-dealkylation sites (tertiary alicyclic amines) is 2. The number of halogens is 1. The van der Waals surface area contributed by atoms with Crippen LogP contribution in [0.25, 0.3) is 0 Å². The molecular weight excluding hydrogens is 602 g/mol. The van der Waals surface area contributed by atoms with E-state index >= 15 is 0 Å². The number of hydrogen-bond acceptors (Lipinski definition) is 5. The first-order chi connectivity index (χ1) is 21.4. The Labute approximate surface area is 276 Å². The van der Waals surface area contributed by atoms with Gasteiger partial charge in [-0.1, -0.05) is 86.6 Å². The topological polar surface area (TPSA) is 69.7 Å². The molecule has 5 rings (SSSR count). The number of rotatable bonds is 8. The summed E-state index contributed by atoms with van der Waals surface area (Å²) in [6, 6.07) is 25.2. The summed E-state index contributed by atoms with van der Waals surface area (Å²) < 4.78 is 23.5. The zero-order valence-corrected chi connectivity index (χ0v) is 29.1. The van der Waals surface area contributed by atoms with Gasteiger partial charge in [0.1, 0.15) is 0 Å². The lowest BCUT2D eigenvalue weighted by atomic mass is 9.75. The van der Waals surface area contributed by atoms with E-state index in [2.05, 4.69) is 33.8 Å². The van der Waals surface area contributed by atoms with Crippen LogP contribution in [0.3, 0.4) is 0 Å². The van der Waals surface area contributed by atoms with E-state index in [1.807, 2.05) is 75.4 Å². The van der Waals surface area contributed by atoms with Crippen LogP contribution in [0, 0.1) is 12.3 Å². The van der Waals surface area contributed by atoms with Gasteiger partial charge in [0.05, 0.1) is 10.9 Å². The number of nitrogens with zero attached hydrogens (tertiary/aromatic N) is 2. The predicted molar refractivity (Wildman–Crippen MR) is 187 cm³/mol. The molecule has 3 aromatic rings. The molecule has 2 aliphatic heterocycles. The minimum absolute atomic E-state index is 0.00440. The Morgan fingerprint density at radius 1 is 0.956 bits per heavy atom. The van der Waals surface area contributed by atoms with Gasteiger partial charge in [-0.2, -0.15) is 0 Å². The lowest BCUT2D eigenvalue weighted by Crippen LogP contribution is -2.41. The molecule has 0 aromatic heterocycles. The Morgan fingerprint density at radius 3 is 2.11 bits per heavy atom. The first-order valence-electron chi connectivity index (χ1n) is 16.0. The molecule has 1 amide bonds. The number of carbonyl (C=O) groups is 1. The van der Waals surface area contributed by atoms with Gasteiger partial charge in [0, 0.05) is 48.9 Å². The fourth-order valence-electron chi connectivity index (χ4n) is 6.11. The van der Waals surface area contributed by atoms with Crippen molar-refractivity contribution in [3.05, 3.63) is 113 Å². The molecule has 3 aromatic carbocycles. The fourth-order valence-corrected chi connectivity index (χ4v) is 6.99. The van der Waals surface area contributed by atoms with E-state index in [4.69, 9.17) is 11.6 Å². The Morgan fingerprint density at radius 2 is 1.58 bits per heavy atom. The molecule has 0 bridgehead atoms. The number of carbonyl (C=O) groups excluding carboxylic acids is 1. The highest BCUT2D eigenvalue weighted by atomic mass is 35.5. The van der Waals surface area contributed by atoms with Gasteiger partial charge < -0.3 is 15.1 Å². The van der Waals surface area contributed by atoms with Gasteiger partial charge in [0.25, 0.3) is 0 Å². The molecule has 2 fully saturated rings. The Kier molecular flexibility index (Phi) is 13.7. The molecule has 1 N–H and O–H groups in total. The molecule has 0 aliphatic carbocycles. The zero-order chi connectivity index (χ0) is 33.0. The number of nitrogens with one attached hydrogen (secondary N) is 1. The lowest BCUT2D eigenvalue weighted by Gasteiger charge is -2.41. The number of allylic oxidation sites excluding steroid dienone is 1. The number of aryl methyl sites for hydroxylation is 1. The van der Waals surface area contributed by atoms with Crippen LogP contribution in [-0.2, 0) is 21.2 Å². The van der Waals surface area contributed by atoms with Gasteiger partial charge in [0.2, 0.25) is 5.91 Å². The van der Waals surface area contributed by atoms with Crippen molar-refractivity contribution in [1.82, 2.24) is 15.1 Å². The van der Waals surface area contributed by atoms with Crippen LogP contribution in [0.4, 0.5) is 0 Å². The van der Waals surface area contributed by atoms with E-state index in [0.29, 0.717) is 4.90 Å². The third kappa shape index (κ3) is 10.7. The van der Waals surface area contributed by atoms with Crippen molar-refractivity contribution in [2.24, 2.45) is 5.41 Å². The minimum Gasteiger partial charge on any atom is -0.370 e. The van der Waals surface area contributed by atoms with Crippen molar-refractivity contribution >= 4 is 27.3 Å². The van der Waals surface area contributed by atoms with Gasteiger partial charge in [-0.15, -0.1) is 0 Å². The first kappa shape index (κ1) is 36.3. The Hall–Kier alpha value is -3.13. The molecule has 6 nitrogen and oxygen atoms in total. The molecule has 2 heterocycles. The molecule has 1 unspecified atom stereocenters. The van der Waals surface area contributed by atoms with Crippen molar-refractivity contribution in [3.8, 4) is 0 Å². The highest BCUT2D eigenvalue weighted by molar-refractivity contribution is 7.90. The molecule has 2 aliphatic rings. The molecule has 8 heteroatoms. The highest BCUT2D eigenvalue weighted by Crippen LogP contribution is 2.47. The van der Waals surface area contributed by atoms with E-state index in [1.165, 1.54) is 17.5 Å². The molecule has 0 saturated carbocycles. The van der Waals surface area contributed by atoms with Crippen molar-refractivity contribution < 1.29 is 13.2 Å². The molecule has 0 radical (unpaired) electrons. The van der Waals surface area contributed by atoms with E-state index in [1.54, 1.807) is 19.1 Å². The summed E-state index contributed by atoms with van der Waals surface area (Å²) in [6.45, 7) is 16.9. The average molecular weight is 652 g/mol. The van der Waals surface area contributed by atoms with Crippen molar-refractivity contribution in [1.29, 1.82) is 0 Å². The Balaban J connectivity index is 0.000000475. The summed E-state index contributed by atoms with van der Waals surface area (Å²) in [5.74, 6) is 0.00440. The molecule has 1 atom stereocenters. The maximum atomic E-state index is 11.7. The predicted octanol–water partition coefficient (Wildman–Crippen LogP) is 7.83. The summed E-state index contributed by atoms with van der Waals surface area (Å²) in [7, 11) is -3.17. The maximum Gasteiger partial charge on any atom is 0.217 e. The SMILES string of the molecule is C=C1N(Cc2ccc(S(C)(=O)=O)cc2)CCC12CCN(CCC(NC(C)=O)c1ccccc1)CC2.CC.Cc1cccc(Cl)c1. The van der Waals surface area contributed by atoms with Crippen LogP contribution >= 0.6 is 11.6 Å². The van der Waals surface area contributed by atoms with E-state index < -0.39 is 9.84 Å². The number of sulfone groups is 1. The Bertz CT molecular complexity index is 1470. The van der Waals surface area contributed by atoms with Crippen LogP contribution in [-0.4, -0.2) is 56.6 Å². The molecule has 244 valence electrons. The molecular formula is C37H50ClN3O3S. The van der Waals surface area contributed by atoms with E-state index in [0.717, 1.165) is 74.6 Å². The molecule has 1 spiro atoms. The van der Waals surface area contributed by atoms with E-state index in [-0.39, 0.29) is 17.4 Å². The van der Waals surface area contributed by atoms with Gasteiger partial charge >= 0.3 is 0 Å². The summed E-state index contributed by atoms with van der Waals surface area (Å²) in [4.78, 5) is 17.0. The second-order valence-electron chi connectivity index (χ2n) is 11.9. The molecule has 2 saturated heterocycles. The van der Waals surface area contributed by atoms with Crippen molar-refractivity contribution in [2.45, 2.75) is 70.9 Å². The number of benzene rings is 3. The number of hydrogen-bond donors (Lipinski definition) is 1. The van der Waals surface area contributed by atoms with E-state index in [9.17, 15) is 13.2 Å². The van der Waals surface area contributed by atoms with Crippen molar-refractivity contribution in [3.63, 3.8) is 0 Å². The quantitative estimate of drug-likeness (QED) is 0.269.